The quantitative estimate of drug-likeness (QED) is 0.829. The summed E-state index contributed by atoms with van der Waals surface area (Å²) in [6.07, 6.45) is 0.489. The highest BCUT2D eigenvalue weighted by Gasteiger charge is 2.10. The van der Waals surface area contributed by atoms with Crippen LogP contribution in [-0.2, 0) is 11.2 Å². The Morgan fingerprint density at radius 1 is 1.36 bits per heavy atom. The molecule has 0 spiro atoms. The molecule has 6 nitrogen and oxygen atoms in total. The van der Waals surface area contributed by atoms with Crippen molar-refractivity contribution in [3.8, 4) is 0 Å². The molecule has 0 saturated carbocycles. The normalized spacial score (nSPS) is 10.5. The number of nitrogens with zero attached hydrogens (tertiary/aromatic N) is 1. The zero-order valence-corrected chi connectivity index (χ0v) is 12.8. The molecule has 0 amide bonds. The fourth-order valence-electron chi connectivity index (χ4n) is 1.89. The first-order valence-electron chi connectivity index (χ1n) is 7.16. The van der Waals surface area contributed by atoms with Gasteiger partial charge < -0.3 is 10.1 Å². The average Bonchev–Trinajstić information content (AvgIpc) is 2.46. The molecule has 1 heterocycles. The van der Waals surface area contributed by atoms with Gasteiger partial charge in [0.05, 0.1) is 11.7 Å². The first-order chi connectivity index (χ1) is 10.5. The molecule has 2 rings (SSSR count). The third kappa shape index (κ3) is 4.18. The van der Waals surface area contributed by atoms with E-state index in [1.807, 2.05) is 6.92 Å². The van der Waals surface area contributed by atoms with E-state index in [2.05, 4.69) is 15.3 Å². The van der Waals surface area contributed by atoms with Crippen LogP contribution in [0.5, 0.6) is 0 Å². The number of hydrogen-bond donors (Lipinski definition) is 2. The van der Waals surface area contributed by atoms with Gasteiger partial charge in [0, 0.05) is 17.4 Å². The SMILES string of the molecule is CCc1cc(=O)[nH]c(Nc2cccc(C(=O)OC(C)C)c2)n1. The van der Waals surface area contributed by atoms with Gasteiger partial charge in [0.2, 0.25) is 5.95 Å². The van der Waals surface area contributed by atoms with E-state index in [0.29, 0.717) is 29.3 Å². The molecule has 1 aromatic heterocycles. The van der Waals surface area contributed by atoms with Crippen LogP contribution in [0, 0.1) is 0 Å². The van der Waals surface area contributed by atoms with Crippen LogP contribution in [0.4, 0.5) is 11.6 Å². The van der Waals surface area contributed by atoms with Crippen molar-refractivity contribution in [2.75, 3.05) is 5.32 Å². The number of esters is 1. The van der Waals surface area contributed by atoms with Gasteiger partial charge in [-0.3, -0.25) is 9.78 Å². The Morgan fingerprint density at radius 3 is 2.82 bits per heavy atom. The Bertz CT molecular complexity index is 723. The number of benzene rings is 1. The summed E-state index contributed by atoms with van der Waals surface area (Å²) in [5.74, 6) is -0.0406. The molecule has 2 aromatic rings. The molecule has 6 heteroatoms. The average molecular weight is 301 g/mol. The van der Waals surface area contributed by atoms with Crippen molar-refractivity contribution < 1.29 is 9.53 Å². The molecule has 0 aliphatic carbocycles. The highest BCUT2D eigenvalue weighted by molar-refractivity contribution is 5.90. The molecule has 0 unspecified atom stereocenters. The molecule has 0 aliphatic heterocycles. The summed E-state index contributed by atoms with van der Waals surface area (Å²) < 4.78 is 5.16. The Kier molecular flexibility index (Phi) is 4.93. The molecule has 0 fully saturated rings. The number of aromatic amines is 1. The van der Waals surface area contributed by atoms with E-state index < -0.39 is 0 Å². The number of hydrogen-bond acceptors (Lipinski definition) is 5. The molecule has 0 aliphatic rings. The smallest absolute Gasteiger partial charge is 0.338 e. The minimum absolute atomic E-state index is 0.177. The van der Waals surface area contributed by atoms with Gasteiger partial charge in [0.15, 0.2) is 0 Å². The van der Waals surface area contributed by atoms with E-state index in [9.17, 15) is 9.59 Å². The van der Waals surface area contributed by atoms with Crippen LogP contribution in [0.2, 0.25) is 0 Å². The lowest BCUT2D eigenvalue weighted by Gasteiger charge is -2.10. The Labute approximate surface area is 128 Å². The van der Waals surface area contributed by atoms with Gasteiger partial charge in [-0.2, -0.15) is 0 Å². The third-order valence-corrected chi connectivity index (χ3v) is 2.86. The third-order valence-electron chi connectivity index (χ3n) is 2.86. The lowest BCUT2D eigenvalue weighted by molar-refractivity contribution is 0.0378. The van der Waals surface area contributed by atoms with Crippen molar-refractivity contribution >= 4 is 17.6 Å². The largest absolute Gasteiger partial charge is 0.459 e. The zero-order chi connectivity index (χ0) is 16.1. The number of rotatable bonds is 5. The molecule has 0 bridgehead atoms. The maximum absolute atomic E-state index is 11.9. The Balaban J connectivity index is 2.22. The van der Waals surface area contributed by atoms with Gasteiger partial charge >= 0.3 is 5.97 Å². The zero-order valence-electron chi connectivity index (χ0n) is 12.8. The van der Waals surface area contributed by atoms with Crippen LogP contribution in [0.25, 0.3) is 0 Å². The van der Waals surface area contributed by atoms with Crippen molar-refractivity contribution in [2.45, 2.75) is 33.3 Å². The van der Waals surface area contributed by atoms with Crippen LogP contribution >= 0.6 is 0 Å². The van der Waals surface area contributed by atoms with Gasteiger partial charge in [0.25, 0.3) is 5.56 Å². The maximum Gasteiger partial charge on any atom is 0.338 e. The lowest BCUT2D eigenvalue weighted by atomic mass is 10.2. The number of aromatic nitrogens is 2. The molecule has 0 atom stereocenters. The van der Waals surface area contributed by atoms with E-state index in [1.165, 1.54) is 6.07 Å². The highest BCUT2D eigenvalue weighted by Crippen LogP contribution is 2.15. The molecule has 0 saturated heterocycles. The second-order valence-electron chi connectivity index (χ2n) is 5.10. The molecule has 1 aromatic carbocycles. The second-order valence-corrected chi connectivity index (χ2v) is 5.10. The van der Waals surface area contributed by atoms with Crippen LogP contribution in [0.15, 0.2) is 35.1 Å². The molecule has 2 N–H and O–H groups in total. The molecule has 0 radical (unpaired) electrons. The number of H-pyrrole nitrogens is 1. The summed E-state index contributed by atoms with van der Waals surface area (Å²) in [5, 5.41) is 2.99. The lowest BCUT2D eigenvalue weighted by Crippen LogP contribution is -2.13. The van der Waals surface area contributed by atoms with Crippen molar-refractivity contribution in [2.24, 2.45) is 0 Å². The van der Waals surface area contributed by atoms with E-state index in [4.69, 9.17) is 4.74 Å². The number of carbonyl (C=O) groups is 1. The summed E-state index contributed by atoms with van der Waals surface area (Å²) in [7, 11) is 0. The standard InChI is InChI=1S/C16H19N3O3/c1-4-12-9-14(20)19-16(17-12)18-13-7-5-6-11(8-13)15(21)22-10(2)3/h5-10H,4H2,1-3H3,(H2,17,18,19,20). The number of carbonyl (C=O) groups excluding carboxylic acids is 1. The second kappa shape index (κ2) is 6.89. The van der Waals surface area contributed by atoms with Gasteiger partial charge in [-0.15, -0.1) is 0 Å². The van der Waals surface area contributed by atoms with Gasteiger partial charge in [-0.05, 0) is 38.5 Å². The molecule has 22 heavy (non-hydrogen) atoms. The van der Waals surface area contributed by atoms with Crippen LogP contribution in [0.3, 0.4) is 0 Å². The summed E-state index contributed by atoms with van der Waals surface area (Å²) in [5.41, 5.74) is 1.56. The number of aryl methyl sites for hydroxylation is 1. The van der Waals surface area contributed by atoms with Crippen LogP contribution in [-0.4, -0.2) is 22.0 Å². The minimum Gasteiger partial charge on any atom is -0.459 e. The van der Waals surface area contributed by atoms with Crippen molar-refractivity contribution in [1.82, 2.24) is 9.97 Å². The Hall–Kier alpha value is -2.63. The van der Waals surface area contributed by atoms with Gasteiger partial charge in [0.1, 0.15) is 0 Å². The monoisotopic (exact) mass is 301 g/mol. The number of ether oxygens (including phenoxy) is 1. The summed E-state index contributed by atoms with van der Waals surface area (Å²) in [6.45, 7) is 5.52. The summed E-state index contributed by atoms with van der Waals surface area (Å²) in [4.78, 5) is 30.3. The summed E-state index contributed by atoms with van der Waals surface area (Å²) >= 11 is 0. The summed E-state index contributed by atoms with van der Waals surface area (Å²) in [6, 6.07) is 8.31. The van der Waals surface area contributed by atoms with E-state index in [0.717, 1.165) is 0 Å². The van der Waals surface area contributed by atoms with Crippen LogP contribution < -0.4 is 10.9 Å². The first-order valence-corrected chi connectivity index (χ1v) is 7.16. The highest BCUT2D eigenvalue weighted by atomic mass is 16.5. The molecular weight excluding hydrogens is 282 g/mol. The van der Waals surface area contributed by atoms with Crippen molar-refractivity contribution in [1.29, 1.82) is 0 Å². The number of anilines is 2. The van der Waals surface area contributed by atoms with E-state index in [1.54, 1.807) is 38.1 Å². The predicted molar refractivity (Wildman–Crippen MR) is 84.5 cm³/mol. The molecule has 116 valence electrons. The van der Waals surface area contributed by atoms with E-state index in [-0.39, 0.29) is 17.6 Å². The van der Waals surface area contributed by atoms with Gasteiger partial charge in [-0.1, -0.05) is 13.0 Å². The molecular formula is C16H19N3O3. The van der Waals surface area contributed by atoms with Gasteiger partial charge in [-0.25, -0.2) is 9.78 Å². The predicted octanol–water partition coefficient (Wildman–Crippen LogP) is 2.64. The number of nitrogens with one attached hydrogen (secondary N) is 2. The minimum atomic E-state index is -0.387. The fraction of sp³-hybridized carbons (Fsp3) is 0.312. The van der Waals surface area contributed by atoms with E-state index >= 15 is 0 Å². The van der Waals surface area contributed by atoms with Crippen LogP contribution in [0.1, 0.15) is 36.8 Å². The van der Waals surface area contributed by atoms with Crippen molar-refractivity contribution in [3.05, 3.63) is 51.9 Å². The maximum atomic E-state index is 11.9. The first kappa shape index (κ1) is 15.8. The Morgan fingerprint density at radius 2 is 2.14 bits per heavy atom. The topological polar surface area (TPSA) is 84.1 Å². The van der Waals surface area contributed by atoms with Crippen molar-refractivity contribution in [3.63, 3.8) is 0 Å². The fourth-order valence-corrected chi connectivity index (χ4v) is 1.89.